The van der Waals surface area contributed by atoms with Crippen LogP contribution in [0.4, 0.5) is 0 Å². The third-order valence-electron chi connectivity index (χ3n) is 10.8. The molecule has 1 aliphatic carbocycles. The van der Waals surface area contributed by atoms with Crippen molar-refractivity contribution >= 4 is 46.5 Å². The van der Waals surface area contributed by atoms with Crippen molar-refractivity contribution in [2.75, 3.05) is 13.4 Å². The van der Waals surface area contributed by atoms with Crippen LogP contribution in [0.1, 0.15) is 117 Å². The molecule has 3 aromatic rings. The average molecular weight is 937 g/mol. The van der Waals surface area contributed by atoms with Gasteiger partial charge in [0.05, 0.1) is 0 Å². The molecule has 0 heterocycles. The Labute approximate surface area is 367 Å². The second-order valence-corrected chi connectivity index (χ2v) is 16.5. The molecule has 322 valence electrons. The van der Waals surface area contributed by atoms with Crippen molar-refractivity contribution in [2.24, 2.45) is 0 Å². The Morgan fingerprint density at radius 1 is 0.733 bits per heavy atom. The lowest BCUT2D eigenvalue weighted by Gasteiger charge is -2.28. The largest absolute Gasteiger partial charge is 0.457 e. The molecule has 0 bridgehead atoms. The van der Waals surface area contributed by atoms with Gasteiger partial charge in [0, 0.05) is 26.9 Å². The minimum atomic E-state index is -0.876. The van der Waals surface area contributed by atoms with E-state index in [2.05, 4.69) is 22.6 Å². The summed E-state index contributed by atoms with van der Waals surface area (Å²) in [6, 6.07) is 21.0. The fourth-order valence-corrected chi connectivity index (χ4v) is 7.34. The zero-order valence-corrected chi connectivity index (χ0v) is 38.5. The van der Waals surface area contributed by atoms with Gasteiger partial charge in [0.15, 0.2) is 6.29 Å². The van der Waals surface area contributed by atoms with Crippen LogP contribution in [-0.4, -0.2) is 49.2 Å². The number of hydrogen-bond acceptors (Lipinski definition) is 11. The third kappa shape index (κ3) is 12.5. The molecule has 0 aliphatic heterocycles. The summed E-state index contributed by atoms with van der Waals surface area (Å²) in [5.74, 6) is -1.36. The molecule has 60 heavy (non-hydrogen) atoms. The number of benzene rings is 3. The summed E-state index contributed by atoms with van der Waals surface area (Å²) in [5.41, 5.74) is 1.71. The van der Waals surface area contributed by atoms with E-state index >= 15 is 0 Å². The van der Waals surface area contributed by atoms with Crippen LogP contribution in [0.3, 0.4) is 0 Å². The van der Waals surface area contributed by atoms with Gasteiger partial charge in [0.1, 0.15) is 34.0 Å². The van der Waals surface area contributed by atoms with Gasteiger partial charge in [-0.1, -0.05) is 37.3 Å². The maximum absolute atomic E-state index is 13.6. The van der Waals surface area contributed by atoms with E-state index in [9.17, 15) is 19.2 Å². The first-order valence-electron chi connectivity index (χ1n) is 20.2. The second kappa shape index (κ2) is 21.5. The lowest BCUT2D eigenvalue weighted by Crippen LogP contribution is -2.31. The Kier molecular flexibility index (Phi) is 17.1. The van der Waals surface area contributed by atoms with Crippen LogP contribution in [-0.2, 0) is 38.9 Å². The van der Waals surface area contributed by atoms with E-state index < -0.39 is 41.4 Å². The minimum absolute atomic E-state index is 0.191. The monoisotopic (exact) mass is 936 g/mol. The molecule has 1 saturated carbocycles. The highest BCUT2D eigenvalue weighted by Gasteiger charge is 2.37. The summed E-state index contributed by atoms with van der Waals surface area (Å²) in [6.45, 7) is 17.5. The lowest BCUT2D eigenvalue weighted by atomic mass is 9.89. The van der Waals surface area contributed by atoms with Gasteiger partial charge in [0.25, 0.3) is 0 Å². The summed E-state index contributed by atoms with van der Waals surface area (Å²) in [6.07, 6.45) is 3.49. The van der Waals surface area contributed by atoms with Gasteiger partial charge < -0.3 is 33.2 Å². The molecule has 12 heteroatoms. The lowest BCUT2D eigenvalue weighted by molar-refractivity contribution is -0.169. The molecule has 0 N–H and O–H groups in total. The third-order valence-corrected chi connectivity index (χ3v) is 11.4. The smallest absolute Gasteiger partial charge is 0.342 e. The van der Waals surface area contributed by atoms with Crippen LogP contribution in [0.5, 0.6) is 17.2 Å². The molecule has 1 atom stereocenters. The number of hydrogen-bond donors (Lipinski definition) is 0. The van der Waals surface area contributed by atoms with Crippen molar-refractivity contribution in [1.29, 1.82) is 0 Å². The molecule has 0 spiro atoms. The highest BCUT2D eigenvalue weighted by Crippen LogP contribution is 2.38. The fraction of sp³-hybridized carbons (Fsp3) is 0.417. The molecule has 0 saturated heterocycles. The molecule has 1 unspecified atom stereocenters. The first kappa shape index (κ1) is 47.7. The Morgan fingerprint density at radius 3 is 1.93 bits per heavy atom. The normalized spacial score (nSPS) is 15.4. The first-order chi connectivity index (χ1) is 28.4. The average Bonchev–Trinajstić information content (AvgIpc) is 3.69. The van der Waals surface area contributed by atoms with Crippen molar-refractivity contribution < 1.29 is 52.3 Å². The quantitative estimate of drug-likeness (QED) is 0.0230. The van der Waals surface area contributed by atoms with Gasteiger partial charge in [-0.2, -0.15) is 0 Å². The summed E-state index contributed by atoms with van der Waals surface area (Å²) in [4.78, 5) is 53.9. The molecule has 0 radical (unpaired) electrons. The van der Waals surface area contributed by atoms with E-state index in [0.717, 1.165) is 34.8 Å². The second-order valence-electron chi connectivity index (χ2n) is 15.2. The number of carbonyl (C=O) groups is 4. The summed E-state index contributed by atoms with van der Waals surface area (Å²) >= 11 is 2.14. The highest BCUT2D eigenvalue weighted by molar-refractivity contribution is 14.1. The Balaban J connectivity index is 1.49. The van der Waals surface area contributed by atoms with Crippen molar-refractivity contribution in [3.05, 3.63) is 121 Å². The Bertz CT molecular complexity index is 2110. The molecule has 1 fully saturated rings. The SMILES string of the molecule is CCOC(C)OC(=O)/C(C)=C(C(/C)=C(/C)C(=O)Oc1ccc(OCOc2cc(I)ccc2C(=O)OC(C)(C)c2ccccc2)cc1)\C(C)=C(/C)C(=O)OC1(CC)CCCC1. The van der Waals surface area contributed by atoms with Gasteiger partial charge in [-0.15, -0.1) is 0 Å². The maximum Gasteiger partial charge on any atom is 0.342 e. The van der Waals surface area contributed by atoms with E-state index in [1.54, 1.807) is 90.9 Å². The van der Waals surface area contributed by atoms with Crippen LogP contribution < -0.4 is 14.2 Å². The van der Waals surface area contributed by atoms with Crippen LogP contribution in [0, 0.1) is 3.57 Å². The van der Waals surface area contributed by atoms with Gasteiger partial charge in [-0.25, -0.2) is 19.2 Å². The number of rotatable bonds is 18. The number of halogens is 1. The zero-order chi connectivity index (χ0) is 44.2. The number of ether oxygens (including phenoxy) is 7. The Hall–Kier alpha value is -4.95. The molecule has 4 rings (SSSR count). The predicted octanol–water partition coefficient (Wildman–Crippen LogP) is 10.9. The highest BCUT2D eigenvalue weighted by atomic mass is 127. The van der Waals surface area contributed by atoms with E-state index in [-0.39, 0.29) is 29.3 Å². The molecule has 1 aliphatic rings. The van der Waals surface area contributed by atoms with Crippen molar-refractivity contribution in [2.45, 2.75) is 119 Å². The number of esters is 4. The van der Waals surface area contributed by atoms with Crippen LogP contribution in [0.25, 0.3) is 0 Å². The number of carbonyl (C=O) groups excluding carboxylic acids is 4. The molecular formula is C48H57IO11. The van der Waals surface area contributed by atoms with Crippen LogP contribution in [0.15, 0.2) is 106 Å². The van der Waals surface area contributed by atoms with Gasteiger partial charge >= 0.3 is 23.9 Å². The molecule has 0 aromatic heterocycles. The van der Waals surface area contributed by atoms with Gasteiger partial charge in [-0.05, 0) is 182 Å². The number of allylic oxidation sites excluding steroid dienone is 3. The first-order valence-corrected chi connectivity index (χ1v) is 21.3. The van der Waals surface area contributed by atoms with Crippen molar-refractivity contribution in [3.63, 3.8) is 0 Å². The van der Waals surface area contributed by atoms with E-state index in [4.69, 9.17) is 33.2 Å². The molecular weight excluding hydrogens is 879 g/mol. The fourth-order valence-electron chi connectivity index (χ4n) is 6.87. The topological polar surface area (TPSA) is 133 Å². The van der Waals surface area contributed by atoms with E-state index in [1.165, 1.54) is 0 Å². The summed E-state index contributed by atoms with van der Waals surface area (Å²) < 4.78 is 41.3. The minimum Gasteiger partial charge on any atom is -0.457 e. The molecule has 3 aromatic carbocycles. The Morgan fingerprint density at radius 2 is 1.33 bits per heavy atom. The van der Waals surface area contributed by atoms with E-state index in [0.29, 0.717) is 46.8 Å². The summed E-state index contributed by atoms with van der Waals surface area (Å²) in [5, 5.41) is 0. The zero-order valence-electron chi connectivity index (χ0n) is 36.3. The molecule has 11 nitrogen and oxygen atoms in total. The van der Waals surface area contributed by atoms with Crippen LogP contribution in [0.2, 0.25) is 0 Å². The van der Waals surface area contributed by atoms with Crippen molar-refractivity contribution in [3.8, 4) is 17.2 Å². The van der Waals surface area contributed by atoms with Gasteiger partial charge in [0.2, 0.25) is 6.79 Å². The summed E-state index contributed by atoms with van der Waals surface area (Å²) in [7, 11) is 0. The standard InChI is InChI=1S/C48H57IO11/c1-11-48(26-16-17-27-48)60-45(52)33(6)31(4)42(34(7)44(51)57-35(8)54-12-2)30(3)32(5)43(50)58-39-23-21-38(22-24-39)55-29-56-41-28-37(49)20-25-40(41)46(53)59-47(9,10)36-18-14-13-15-19-36/h13-15,18-25,28,35H,11-12,16-17,26-27,29H2,1-10H3/b32-30-,33-31+,42-34-. The maximum atomic E-state index is 13.6. The van der Waals surface area contributed by atoms with Gasteiger partial charge in [-0.3, -0.25) is 0 Å². The van der Waals surface area contributed by atoms with Crippen LogP contribution >= 0.6 is 22.6 Å². The molecule has 0 amide bonds. The van der Waals surface area contributed by atoms with E-state index in [1.807, 2.05) is 51.1 Å². The predicted molar refractivity (Wildman–Crippen MR) is 236 cm³/mol. The van der Waals surface area contributed by atoms with Crippen molar-refractivity contribution in [1.82, 2.24) is 0 Å².